The molecule has 1 amide bonds. The summed E-state index contributed by atoms with van der Waals surface area (Å²) in [5, 5.41) is 3.03. The smallest absolute Gasteiger partial charge is 0.255 e. The maximum absolute atomic E-state index is 13.6. The van der Waals surface area contributed by atoms with E-state index in [1.807, 2.05) is 18.4 Å². The third kappa shape index (κ3) is 3.54. The van der Waals surface area contributed by atoms with Crippen LogP contribution in [0.2, 0.25) is 0 Å². The molecule has 0 aliphatic carbocycles. The van der Waals surface area contributed by atoms with E-state index in [2.05, 4.69) is 5.32 Å². The molecule has 1 unspecified atom stereocenters. The molecule has 0 bridgehead atoms. The maximum atomic E-state index is 13.6. The summed E-state index contributed by atoms with van der Waals surface area (Å²) < 4.78 is 18.9. The van der Waals surface area contributed by atoms with Crippen molar-refractivity contribution in [3.63, 3.8) is 0 Å². The van der Waals surface area contributed by atoms with Crippen LogP contribution in [0.5, 0.6) is 5.75 Å². The van der Waals surface area contributed by atoms with E-state index in [0.29, 0.717) is 11.3 Å². The lowest BCUT2D eigenvalue weighted by Gasteiger charge is -2.26. The number of amides is 1. The van der Waals surface area contributed by atoms with Crippen LogP contribution in [-0.2, 0) is 0 Å². The van der Waals surface area contributed by atoms with Gasteiger partial charge in [0.1, 0.15) is 11.6 Å². The van der Waals surface area contributed by atoms with Crippen LogP contribution in [0.1, 0.15) is 28.4 Å². The molecule has 0 fully saturated rings. The average molecular weight is 363 g/mol. The fraction of sp³-hybridized carbons (Fsp3) is 0.278. The highest BCUT2D eigenvalue weighted by atomic mass is 32.2. The third-order valence-corrected chi connectivity index (χ3v) is 5.82. The highest BCUT2D eigenvalue weighted by molar-refractivity contribution is 7.99. The van der Waals surface area contributed by atoms with Gasteiger partial charge in [-0.3, -0.25) is 4.79 Å². The molecule has 1 N–H and O–H groups in total. The first-order valence-corrected chi connectivity index (χ1v) is 9.78. The number of methoxy groups -OCH3 is 1. The van der Waals surface area contributed by atoms with Crippen molar-refractivity contribution < 1.29 is 13.9 Å². The van der Waals surface area contributed by atoms with E-state index in [-0.39, 0.29) is 17.8 Å². The summed E-state index contributed by atoms with van der Waals surface area (Å²) >= 11 is 3.28. The second-order valence-corrected chi connectivity index (χ2v) is 7.43. The van der Waals surface area contributed by atoms with Gasteiger partial charge in [0.25, 0.3) is 5.91 Å². The number of carbonyl (C=O) groups is 1. The second kappa shape index (κ2) is 7.49. The Morgan fingerprint density at radius 2 is 2.17 bits per heavy atom. The number of ether oxygens (including phenoxy) is 1. The van der Waals surface area contributed by atoms with Crippen LogP contribution in [0.4, 0.5) is 4.39 Å². The second-order valence-electron chi connectivity index (χ2n) is 5.41. The molecular weight excluding hydrogens is 345 g/mol. The van der Waals surface area contributed by atoms with E-state index in [1.54, 1.807) is 42.8 Å². The lowest BCUT2D eigenvalue weighted by atomic mass is 10.0. The summed E-state index contributed by atoms with van der Waals surface area (Å²) in [7, 11) is 1.55. The van der Waals surface area contributed by atoms with E-state index in [4.69, 9.17) is 4.74 Å². The number of hydrogen-bond donors (Lipinski definition) is 1. The van der Waals surface area contributed by atoms with Crippen LogP contribution >= 0.6 is 23.5 Å². The molecule has 3 nitrogen and oxygen atoms in total. The zero-order valence-corrected chi connectivity index (χ0v) is 15.1. The first kappa shape index (κ1) is 17.2. The van der Waals surface area contributed by atoms with Gasteiger partial charge in [-0.15, -0.1) is 23.5 Å². The summed E-state index contributed by atoms with van der Waals surface area (Å²) in [6.45, 7) is 0. The van der Waals surface area contributed by atoms with E-state index >= 15 is 0 Å². The minimum Gasteiger partial charge on any atom is -0.496 e. The van der Waals surface area contributed by atoms with Crippen molar-refractivity contribution in [1.29, 1.82) is 0 Å². The molecule has 2 aromatic carbocycles. The van der Waals surface area contributed by atoms with Gasteiger partial charge in [-0.1, -0.05) is 0 Å². The van der Waals surface area contributed by atoms with E-state index < -0.39 is 0 Å². The number of hydrogen-bond acceptors (Lipinski definition) is 4. The minimum absolute atomic E-state index is 0.186. The fourth-order valence-corrected chi connectivity index (χ4v) is 4.27. The largest absolute Gasteiger partial charge is 0.496 e. The highest BCUT2D eigenvalue weighted by Crippen LogP contribution is 2.37. The number of benzene rings is 2. The molecule has 24 heavy (non-hydrogen) atoms. The SMILES string of the molecule is COc1cc(SC)ccc1C(=O)NC1CCSc2ccc(F)cc21. The first-order chi connectivity index (χ1) is 11.6. The summed E-state index contributed by atoms with van der Waals surface area (Å²) in [4.78, 5) is 14.7. The summed E-state index contributed by atoms with van der Waals surface area (Å²) in [5.74, 6) is 0.958. The van der Waals surface area contributed by atoms with Crippen LogP contribution in [0.15, 0.2) is 46.2 Å². The number of nitrogens with one attached hydrogen (secondary N) is 1. The van der Waals surface area contributed by atoms with E-state index in [1.165, 1.54) is 12.1 Å². The Labute approximate surface area is 149 Å². The van der Waals surface area contributed by atoms with Gasteiger partial charge >= 0.3 is 0 Å². The van der Waals surface area contributed by atoms with Crippen molar-refractivity contribution in [2.75, 3.05) is 19.1 Å². The average Bonchev–Trinajstić information content (AvgIpc) is 2.61. The van der Waals surface area contributed by atoms with Gasteiger partial charge in [0.15, 0.2) is 0 Å². The number of rotatable bonds is 4. The Kier molecular flexibility index (Phi) is 5.36. The molecule has 1 atom stereocenters. The third-order valence-electron chi connectivity index (χ3n) is 3.97. The Bertz CT molecular complexity index is 767. The molecule has 6 heteroatoms. The Hall–Kier alpha value is -1.66. The van der Waals surface area contributed by atoms with Crippen molar-refractivity contribution in [3.05, 3.63) is 53.3 Å². The maximum Gasteiger partial charge on any atom is 0.255 e. The van der Waals surface area contributed by atoms with Crippen LogP contribution in [0.3, 0.4) is 0 Å². The van der Waals surface area contributed by atoms with Gasteiger partial charge in [0.05, 0.1) is 18.7 Å². The predicted molar refractivity (Wildman–Crippen MR) is 96.7 cm³/mol. The van der Waals surface area contributed by atoms with Crippen molar-refractivity contribution in [2.24, 2.45) is 0 Å². The molecule has 0 aromatic heterocycles. The minimum atomic E-state index is -0.280. The van der Waals surface area contributed by atoms with Gasteiger partial charge in [0, 0.05) is 15.5 Å². The Balaban J connectivity index is 1.85. The monoisotopic (exact) mass is 363 g/mol. The lowest BCUT2D eigenvalue weighted by Crippen LogP contribution is -2.31. The normalized spacial score (nSPS) is 16.4. The summed E-state index contributed by atoms with van der Waals surface area (Å²) in [6.07, 6.45) is 2.75. The van der Waals surface area contributed by atoms with Gasteiger partial charge < -0.3 is 10.1 Å². The van der Waals surface area contributed by atoms with Gasteiger partial charge in [-0.05, 0) is 54.6 Å². The molecule has 1 aliphatic heterocycles. The van der Waals surface area contributed by atoms with Crippen molar-refractivity contribution in [2.45, 2.75) is 22.3 Å². The predicted octanol–water partition coefficient (Wildman–Crippen LogP) is 4.52. The molecule has 0 saturated heterocycles. The topological polar surface area (TPSA) is 38.3 Å². The highest BCUT2D eigenvalue weighted by Gasteiger charge is 2.24. The van der Waals surface area contributed by atoms with Gasteiger partial charge in [-0.2, -0.15) is 0 Å². The summed E-state index contributed by atoms with van der Waals surface area (Å²) in [5.41, 5.74) is 1.34. The van der Waals surface area contributed by atoms with Crippen molar-refractivity contribution >= 4 is 29.4 Å². The molecular formula is C18H18FNO2S2. The molecule has 2 aromatic rings. The fourth-order valence-electron chi connectivity index (χ4n) is 2.74. The number of thioether (sulfide) groups is 2. The first-order valence-electron chi connectivity index (χ1n) is 7.57. The molecule has 0 saturated carbocycles. The van der Waals surface area contributed by atoms with E-state index in [0.717, 1.165) is 27.5 Å². The van der Waals surface area contributed by atoms with Crippen LogP contribution in [0, 0.1) is 5.82 Å². The zero-order chi connectivity index (χ0) is 17.1. The number of halogens is 1. The number of fused-ring (bicyclic) bond motifs is 1. The molecule has 0 spiro atoms. The van der Waals surface area contributed by atoms with Crippen molar-refractivity contribution in [3.8, 4) is 5.75 Å². The zero-order valence-electron chi connectivity index (χ0n) is 13.5. The van der Waals surface area contributed by atoms with Crippen LogP contribution in [0.25, 0.3) is 0 Å². The lowest BCUT2D eigenvalue weighted by molar-refractivity contribution is 0.0931. The standard InChI is InChI=1S/C18H18FNO2S2/c1-22-16-10-12(23-2)4-5-13(16)18(21)20-15-7-8-24-17-6-3-11(19)9-14(15)17/h3-6,9-10,15H,7-8H2,1-2H3,(H,20,21). The van der Waals surface area contributed by atoms with E-state index in [9.17, 15) is 9.18 Å². The van der Waals surface area contributed by atoms with Crippen molar-refractivity contribution in [1.82, 2.24) is 5.32 Å². The van der Waals surface area contributed by atoms with Crippen LogP contribution < -0.4 is 10.1 Å². The molecule has 126 valence electrons. The van der Waals surface area contributed by atoms with Gasteiger partial charge in [-0.25, -0.2) is 4.39 Å². The molecule has 0 radical (unpaired) electrons. The van der Waals surface area contributed by atoms with Gasteiger partial charge in [0.2, 0.25) is 0 Å². The molecule has 3 rings (SSSR count). The quantitative estimate of drug-likeness (QED) is 0.811. The Morgan fingerprint density at radius 1 is 1.33 bits per heavy atom. The Morgan fingerprint density at radius 3 is 2.92 bits per heavy atom. The molecule has 1 heterocycles. The summed E-state index contributed by atoms with van der Waals surface area (Å²) in [6, 6.07) is 10.1. The van der Waals surface area contributed by atoms with Crippen LogP contribution in [-0.4, -0.2) is 25.0 Å². The molecule has 1 aliphatic rings. The number of carbonyl (C=O) groups excluding carboxylic acids is 1.